The van der Waals surface area contributed by atoms with Crippen molar-refractivity contribution in [3.05, 3.63) is 0 Å². The molecule has 1 unspecified atom stereocenters. The molecular formula is C13H22N2OS. The summed E-state index contributed by atoms with van der Waals surface area (Å²) < 4.78 is 0. The second-order valence-corrected chi connectivity index (χ2v) is 6.53. The summed E-state index contributed by atoms with van der Waals surface area (Å²) in [6.07, 6.45) is 5.28. The second-order valence-electron chi connectivity index (χ2n) is 5.32. The SMILES string of the molecule is CC(C)C1SC(CN2CCCCCC2)=NC1=O. The van der Waals surface area contributed by atoms with Gasteiger partial charge in [-0.2, -0.15) is 0 Å². The van der Waals surface area contributed by atoms with E-state index < -0.39 is 0 Å². The normalized spacial score (nSPS) is 27.4. The Labute approximate surface area is 108 Å². The average Bonchev–Trinajstić information content (AvgIpc) is 2.50. The van der Waals surface area contributed by atoms with Crippen LogP contribution >= 0.6 is 11.8 Å². The third kappa shape index (κ3) is 3.55. The molecule has 1 fully saturated rings. The van der Waals surface area contributed by atoms with Crippen LogP contribution in [0.1, 0.15) is 39.5 Å². The van der Waals surface area contributed by atoms with Crippen LogP contribution in [-0.2, 0) is 4.79 Å². The molecule has 0 N–H and O–H groups in total. The molecule has 17 heavy (non-hydrogen) atoms. The van der Waals surface area contributed by atoms with Crippen molar-refractivity contribution in [3.63, 3.8) is 0 Å². The molecule has 2 aliphatic heterocycles. The van der Waals surface area contributed by atoms with Gasteiger partial charge in [0.25, 0.3) is 5.91 Å². The molecule has 0 aromatic carbocycles. The monoisotopic (exact) mass is 254 g/mol. The molecular weight excluding hydrogens is 232 g/mol. The van der Waals surface area contributed by atoms with Crippen LogP contribution in [0.15, 0.2) is 4.99 Å². The fourth-order valence-corrected chi connectivity index (χ4v) is 3.51. The van der Waals surface area contributed by atoms with Crippen molar-refractivity contribution in [1.29, 1.82) is 0 Å². The minimum atomic E-state index is 0.0666. The Hall–Kier alpha value is -0.350. The Balaban J connectivity index is 1.87. The summed E-state index contributed by atoms with van der Waals surface area (Å²) in [5.41, 5.74) is 0. The number of likely N-dealkylation sites (tertiary alicyclic amines) is 1. The first kappa shape index (κ1) is 13.1. The minimum Gasteiger partial charge on any atom is -0.297 e. The van der Waals surface area contributed by atoms with E-state index in [1.165, 1.54) is 38.8 Å². The Kier molecular flexibility index (Phi) is 4.62. The third-order valence-corrected chi connectivity index (χ3v) is 4.90. The van der Waals surface area contributed by atoms with Gasteiger partial charge >= 0.3 is 0 Å². The highest BCUT2D eigenvalue weighted by Crippen LogP contribution is 2.29. The van der Waals surface area contributed by atoms with Gasteiger partial charge in [-0.25, -0.2) is 4.99 Å². The van der Waals surface area contributed by atoms with Gasteiger partial charge in [0.05, 0.1) is 10.3 Å². The van der Waals surface area contributed by atoms with Crippen LogP contribution in [0.3, 0.4) is 0 Å². The van der Waals surface area contributed by atoms with E-state index in [-0.39, 0.29) is 11.2 Å². The Morgan fingerprint density at radius 1 is 1.29 bits per heavy atom. The van der Waals surface area contributed by atoms with E-state index >= 15 is 0 Å². The molecule has 96 valence electrons. The molecule has 3 nitrogen and oxygen atoms in total. The van der Waals surface area contributed by atoms with Gasteiger partial charge in [0.2, 0.25) is 0 Å². The Morgan fingerprint density at radius 3 is 2.47 bits per heavy atom. The molecule has 1 atom stereocenters. The zero-order valence-electron chi connectivity index (χ0n) is 10.8. The van der Waals surface area contributed by atoms with Crippen LogP contribution in [0.2, 0.25) is 0 Å². The van der Waals surface area contributed by atoms with Gasteiger partial charge in [0.1, 0.15) is 0 Å². The maximum Gasteiger partial charge on any atom is 0.260 e. The molecule has 0 radical (unpaired) electrons. The lowest BCUT2D eigenvalue weighted by molar-refractivity contribution is -0.117. The number of amides is 1. The number of hydrogen-bond acceptors (Lipinski definition) is 3. The lowest BCUT2D eigenvalue weighted by Gasteiger charge is -2.19. The molecule has 1 saturated heterocycles. The second kappa shape index (κ2) is 6.01. The van der Waals surface area contributed by atoms with Crippen LogP contribution in [-0.4, -0.2) is 40.7 Å². The number of hydrogen-bond donors (Lipinski definition) is 0. The summed E-state index contributed by atoms with van der Waals surface area (Å²) in [6.45, 7) is 7.42. The molecule has 0 aromatic rings. The predicted octanol–water partition coefficient (Wildman–Crippen LogP) is 2.56. The van der Waals surface area contributed by atoms with Crippen molar-refractivity contribution in [2.75, 3.05) is 19.6 Å². The van der Waals surface area contributed by atoms with E-state index in [1.807, 2.05) is 0 Å². The van der Waals surface area contributed by atoms with Crippen molar-refractivity contribution >= 4 is 22.7 Å². The number of nitrogens with zero attached hydrogens (tertiary/aromatic N) is 2. The Bertz CT molecular complexity index is 307. The summed E-state index contributed by atoms with van der Waals surface area (Å²) in [6, 6.07) is 0. The largest absolute Gasteiger partial charge is 0.297 e. The maximum absolute atomic E-state index is 11.7. The molecule has 0 bridgehead atoms. The molecule has 0 aliphatic carbocycles. The molecule has 2 heterocycles. The summed E-state index contributed by atoms with van der Waals surface area (Å²) in [5, 5.41) is 1.10. The number of rotatable bonds is 3. The van der Waals surface area contributed by atoms with Crippen molar-refractivity contribution < 1.29 is 4.79 Å². The molecule has 1 amide bonds. The summed E-state index contributed by atoms with van der Waals surface area (Å²) >= 11 is 1.69. The van der Waals surface area contributed by atoms with E-state index in [0.29, 0.717) is 5.92 Å². The van der Waals surface area contributed by atoms with Gasteiger partial charge in [0, 0.05) is 6.54 Å². The van der Waals surface area contributed by atoms with E-state index in [0.717, 1.165) is 11.6 Å². The lowest BCUT2D eigenvalue weighted by atomic mass is 10.1. The van der Waals surface area contributed by atoms with Gasteiger partial charge < -0.3 is 0 Å². The average molecular weight is 254 g/mol. The van der Waals surface area contributed by atoms with Crippen molar-refractivity contribution in [3.8, 4) is 0 Å². The van der Waals surface area contributed by atoms with Gasteiger partial charge in [-0.15, -0.1) is 0 Å². The maximum atomic E-state index is 11.7. The highest BCUT2D eigenvalue weighted by Gasteiger charge is 2.31. The van der Waals surface area contributed by atoms with Crippen molar-refractivity contribution in [2.24, 2.45) is 10.9 Å². The molecule has 0 spiro atoms. The van der Waals surface area contributed by atoms with Crippen LogP contribution in [0.5, 0.6) is 0 Å². The first-order valence-electron chi connectivity index (χ1n) is 6.67. The summed E-state index contributed by atoms with van der Waals surface area (Å²) in [7, 11) is 0. The van der Waals surface area contributed by atoms with Crippen molar-refractivity contribution in [2.45, 2.75) is 44.8 Å². The Morgan fingerprint density at radius 2 is 1.94 bits per heavy atom. The smallest absolute Gasteiger partial charge is 0.260 e. The van der Waals surface area contributed by atoms with E-state index in [2.05, 4.69) is 23.7 Å². The van der Waals surface area contributed by atoms with E-state index in [9.17, 15) is 4.79 Å². The molecule has 0 aromatic heterocycles. The molecule has 0 saturated carbocycles. The highest BCUT2D eigenvalue weighted by atomic mass is 32.2. The number of thioether (sulfide) groups is 1. The van der Waals surface area contributed by atoms with Gasteiger partial charge in [0.15, 0.2) is 0 Å². The standard InChI is InChI=1S/C13H22N2OS/c1-10(2)12-13(16)14-11(17-12)9-15-7-5-3-4-6-8-15/h10,12H,3-9H2,1-2H3. The van der Waals surface area contributed by atoms with E-state index in [1.54, 1.807) is 11.8 Å². The summed E-state index contributed by atoms with van der Waals surface area (Å²) in [5.74, 6) is 0.465. The summed E-state index contributed by atoms with van der Waals surface area (Å²) in [4.78, 5) is 18.4. The van der Waals surface area contributed by atoms with Gasteiger partial charge in [-0.05, 0) is 31.8 Å². The first-order chi connectivity index (χ1) is 8.16. The van der Waals surface area contributed by atoms with Crippen LogP contribution in [0.25, 0.3) is 0 Å². The minimum absolute atomic E-state index is 0.0666. The fourth-order valence-electron chi connectivity index (χ4n) is 2.39. The molecule has 2 rings (SSSR count). The zero-order chi connectivity index (χ0) is 12.3. The van der Waals surface area contributed by atoms with Gasteiger partial charge in [-0.3, -0.25) is 9.69 Å². The third-order valence-electron chi connectivity index (χ3n) is 3.40. The number of carbonyl (C=O) groups excluding carboxylic acids is 1. The fraction of sp³-hybridized carbons (Fsp3) is 0.846. The first-order valence-corrected chi connectivity index (χ1v) is 7.55. The van der Waals surface area contributed by atoms with Crippen molar-refractivity contribution in [1.82, 2.24) is 4.90 Å². The van der Waals surface area contributed by atoms with Crippen LogP contribution in [0, 0.1) is 5.92 Å². The zero-order valence-corrected chi connectivity index (χ0v) is 11.6. The quantitative estimate of drug-likeness (QED) is 0.776. The van der Waals surface area contributed by atoms with Gasteiger partial charge in [-0.1, -0.05) is 38.5 Å². The molecule has 2 aliphatic rings. The van der Waals surface area contributed by atoms with Crippen LogP contribution in [0.4, 0.5) is 0 Å². The topological polar surface area (TPSA) is 32.7 Å². The highest BCUT2D eigenvalue weighted by molar-refractivity contribution is 8.15. The predicted molar refractivity (Wildman–Crippen MR) is 73.6 cm³/mol. The van der Waals surface area contributed by atoms with E-state index in [4.69, 9.17) is 0 Å². The lowest BCUT2D eigenvalue weighted by Crippen LogP contribution is -2.29. The van der Waals surface area contributed by atoms with Crippen LogP contribution < -0.4 is 0 Å². The number of carbonyl (C=O) groups is 1. The number of aliphatic imine (C=N–C) groups is 1. The molecule has 4 heteroatoms.